The topological polar surface area (TPSA) is 88.2 Å². The maximum absolute atomic E-state index is 13.9. The molecule has 1 saturated carbocycles. The van der Waals surface area contributed by atoms with Crippen molar-refractivity contribution in [2.24, 2.45) is 11.3 Å². The van der Waals surface area contributed by atoms with Crippen molar-refractivity contribution in [3.05, 3.63) is 34.9 Å². The lowest BCUT2D eigenvalue weighted by Crippen LogP contribution is -2.56. The first kappa shape index (κ1) is 29.5. The number of ether oxygens (including phenoxy) is 2. The summed E-state index contributed by atoms with van der Waals surface area (Å²) < 4.78 is 10.8. The first-order valence-corrected chi connectivity index (χ1v) is 14.8. The highest BCUT2D eigenvalue weighted by Gasteiger charge is 2.47. The summed E-state index contributed by atoms with van der Waals surface area (Å²) in [4.78, 5) is 42.8. The van der Waals surface area contributed by atoms with Gasteiger partial charge >= 0.3 is 12.2 Å². The smallest absolute Gasteiger partial charge is 0.410 e. The monoisotopic (exact) mass is 561 g/mol. The summed E-state index contributed by atoms with van der Waals surface area (Å²) >= 11 is 6.06. The number of nitrogens with one attached hydrogen (secondary N) is 1. The summed E-state index contributed by atoms with van der Waals surface area (Å²) in [6.07, 6.45) is 7.23. The molecule has 3 fully saturated rings. The van der Waals surface area contributed by atoms with Crippen molar-refractivity contribution in [3.8, 4) is 0 Å². The van der Waals surface area contributed by atoms with Gasteiger partial charge in [0.25, 0.3) is 0 Å². The standard InChI is InChI=1S/C30H44ClN3O5/c1-21-19-38-28(37)34(21)20-30(23-8-6-5-7-9-23)14-16-33(17-15-30)26(35)25(32-27(36)39-29(2,3)4)18-22-10-12-24(31)13-11-22/h10-13,21,23,25H,5-9,14-20H2,1-4H3,(H,32,36). The van der Waals surface area contributed by atoms with Crippen molar-refractivity contribution in [3.63, 3.8) is 0 Å². The highest BCUT2D eigenvalue weighted by molar-refractivity contribution is 6.30. The molecular weight excluding hydrogens is 518 g/mol. The molecule has 1 aromatic carbocycles. The fraction of sp³-hybridized carbons (Fsp3) is 0.700. The zero-order valence-electron chi connectivity index (χ0n) is 23.8. The molecule has 2 atom stereocenters. The van der Waals surface area contributed by atoms with Gasteiger partial charge in [-0.05, 0) is 82.4 Å². The van der Waals surface area contributed by atoms with E-state index in [-0.39, 0.29) is 23.5 Å². The van der Waals surface area contributed by atoms with Crippen molar-refractivity contribution in [1.82, 2.24) is 15.1 Å². The second kappa shape index (κ2) is 12.4. The predicted octanol–water partition coefficient (Wildman–Crippen LogP) is 5.81. The number of amides is 3. The molecule has 2 heterocycles. The predicted molar refractivity (Wildman–Crippen MR) is 151 cm³/mol. The first-order chi connectivity index (χ1) is 18.5. The number of alkyl carbamates (subject to hydrolysis) is 1. The van der Waals surface area contributed by atoms with Crippen molar-refractivity contribution in [1.29, 1.82) is 0 Å². The van der Waals surface area contributed by atoms with Crippen molar-refractivity contribution in [2.75, 3.05) is 26.2 Å². The van der Waals surface area contributed by atoms with Crippen LogP contribution >= 0.6 is 11.6 Å². The van der Waals surface area contributed by atoms with Gasteiger partial charge in [0.1, 0.15) is 18.2 Å². The van der Waals surface area contributed by atoms with Crippen LogP contribution in [0.4, 0.5) is 9.59 Å². The molecule has 2 aliphatic heterocycles. The van der Waals surface area contributed by atoms with Crippen LogP contribution in [0, 0.1) is 11.3 Å². The number of hydrogen-bond acceptors (Lipinski definition) is 5. The van der Waals surface area contributed by atoms with Crippen LogP contribution in [0.1, 0.15) is 78.2 Å². The van der Waals surface area contributed by atoms with E-state index in [4.69, 9.17) is 21.1 Å². The minimum Gasteiger partial charge on any atom is -0.447 e. The largest absolute Gasteiger partial charge is 0.447 e. The number of likely N-dealkylation sites (tertiary alicyclic amines) is 1. The summed E-state index contributed by atoms with van der Waals surface area (Å²) in [5.41, 5.74) is 0.208. The van der Waals surface area contributed by atoms with Gasteiger partial charge in [0.2, 0.25) is 5.91 Å². The van der Waals surface area contributed by atoms with Gasteiger partial charge in [0.05, 0.1) is 6.04 Å². The van der Waals surface area contributed by atoms with Gasteiger partial charge in [-0.15, -0.1) is 0 Å². The number of cyclic esters (lactones) is 1. The Bertz CT molecular complexity index is 1010. The third-order valence-corrected chi connectivity index (χ3v) is 8.84. The van der Waals surface area contributed by atoms with Gasteiger partial charge < -0.3 is 24.6 Å². The lowest BCUT2D eigenvalue weighted by atomic mass is 9.63. The van der Waals surface area contributed by atoms with E-state index in [1.54, 1.807) is 32.9 Å². The molecule has 2 unspecified atom stereocenters. The zero-order chi connectivity index (χ0) is 28.2. The summed E-state index contributed by atoms with van der Waals surface area (Å²) in [6, 6.07) is 6.64. The van der Waals surface area contributed by atoms with Gasteiger partial charge in [-0.2, -0.15) is 0 Å². The molecule has 3 amide bonds. The third-order valence-electron chi connectivity index (χ3n) is 8.58. The van der Waals surface area contributed by atoms with Crippen molar-refractivity contribution < 1.29 is 23.9 Å². The number of nitrogens with zero attached hydrogens (tertiary/aromatic N) is 2. The molecule has 0 aromatic heterocycles. The molecule has 8 nitrogen and oxygen atoms in total. The van der Waals surface area contributed by atoms with Gasteiger partial charge in [0, 0.05) is 31.1 Å². The maximum Gasteiger partial charge on any atom is 0.410 e. The minimum atomic E-state index is -0.753. The number of hydrogen-bond donors (Lipinski definition) is 1. The van der Waals surface area contributed by atoms with Crippen LogP contribution in [0.5, 0.6) is 0 Å². The molecular formula is C30H44ClN3O5. The van der Waals surface area contributed by atoms with Gasteiger partial charge in [-0.1, -0.05) is 43.0 Å². The van der Waals surface area contributed by atoms with Crippen LogP contribution in [0.3, 0.4) is 0 Å². The summed E-state index contributed by atoms with van der Waals surface area (Å²) in [7, 11) is 0. The van der Waals surface area contributed by atoms with Gasteiger partial charge in [0.15, 0.2) is 0 Å². The Hall–Kier alpha value is -2.48. The Kier molecular flexibility index (Phi) is 9.35. The first-order valence-electron chi connectivity index (χ1n) is 14.4. The molecule has 39 heavy (non-hydrogen) atoms. The Labute approximate surface area is 237 Å². The van der Waals surface area contributed by atoms with Crippen molar-refractivity contribution >= 4 is 29.7 Å². The van der Waals surface area contributed by atoms with Gasteiger partial charge in [-0.25, -0.2) is 9.59 Å². The second-order valence-electron chi connectivity index (χ2n) is 12.6. The normalized spacial score (nSPS) is 22.8. The summed E-state index contributed by atoms with van der Waals surface area (Å²) in [6.45, 7) is 9.76. The number of benzene rings is 1. The number of carbonyl (C=O) groups excluding carboxylic acids is 3. The van der Waals surface area contributed by atoms with Crippen molar-refractivity contribution in [2.45, 2.75) is 96.7 Å². The molecule has 216 valence electrons. The molecule has 9 heteroatoms. The molecule has 4 rings (SSSR count). The minimum absolute atomic E-state index is 0.0287. The molecule has 3 aliphatic rings. The van der Waals surface area contributed by atoms with Crippen LogP contribution in [0.15, 0.2) is 24.3 Å². The molecule has 1 N–H and O–H groups in total. The van der Waals surface area contributed by atoms with E-state index in [1.165, 1.54) is 32.1 Å². The molecule has 1 aromatic rings. The van der Waals surface area contributed by atoms with E-state index < -0.39 is 17.7 Å². The average Bonchev–Trinajstić information content (AvgIpc) is 3.21. The second-order valence-corrected chi connectivity index (χ2v) is 13.0. The van der Waals surface area contributed by atoms with Crippen LogP contribution in [0.25, 0.3) is 0 Å². The van der Waals surface area contributed by atoms with E-state index in [0.717, 1.165) is 18.4 Å². The number of carbonyl (C=O) groups is 3. The van der Waals surface area contributed by atoms with Gasteiger partial charge in [-0.3, -0.25) is 4.79 Å². The number of piperidine rings is 1. The highest BCUT2D eigenvalue weighted by Crippen LogP contribution is 2.47. The number of rotatable bonds is 7. The fourth-order valence-corrected chi connectivity index (χ4v) is 6.54. The number of halogens is 1. The SMILES string of the molecule is CC1COC(=O)N1CC1(C2CCCCC2)CCN(C(=O)C(Cc2ccc(Cl)cc2)NC(=O)OC(C)(C)C)CC1. The van der Waals surface area contributed by atoms with Crippen LogP contribution < -0.4 is 5.32 Å². The quantitative estimate of drug-likeness (QED) is 0.454. The molecule has 0 spiro atoms. The Morgan fingerprint density at radius 2 is 1.77 bits per heavy atom. The summed E-state index contributed by atoms with van der Waals surface area (Å²) in [5.74, 6) is 0.427. The van der Waals surface area contributed by atoms with E-state index in [1.807, 2.05) is 28.9 Å². The lowest BCUT2D eigenvalue weighted by molar-refractivity contribution is -0.137. The van der Waals surface area contributed by atoms with E-state index >= 15 is 0 Å². The lowest BCUT2D eigenvalue weighted by Gasteiger charge is -2.50. The van der Waals surface area contributed by atoms with Crippen LogP contribution in [0.2, 0.25) is 5.02 Å². The molecule has 1 aliphatic carbocycles. The maximum atomic E-state index is 13.9. The van der Waals surface area contributed by atoms with E-state index in [0.29, 0.717) is 43.6 Å². The zero-order valence-corrected chi connectivity index (χ0v) is 24.6. The Morgan fingerprint density at radius 1 is 1.13 bits per heavy atom. The van der Waals surface area contributed by atoms with E-state index in [9.17, 15) is 14.4 Å². The molecule has 2 saturated heterocycles. The average molecular weight is 562 g/mol. The fourth-order valence-electron chi connectivity index (χ4n) is 6.41. The Balaban J connectivity index is 1.49. The third kappa shape index (κ3) is 7.59. The molecule has 0 radical (unpaired) electrons. The molecule has 0 bridgehead atoms. The Morgan fingerprint density at radius 3 is 2.33 bits per heavy atom. The summed E-state index contributed by atoms with van der Waals surface area (Å²) in [5, 5.41) is 3.45. The highest BCUT2D eigenvalue weighted by atomic mass is 35.5. The van der Waals surface area contributed by atoms with E-state index in [2.05, 4.69) is 5.32 Å². The van der Waals surface area contributed by atoms with Crippen LogP contribution in [-0.4, -0.2) is 71.8 Å². The van der Waals surface area contributed by atoms with Crippen LogP contribution in [-0.2, 0) is 20.7 Å².